The molecule has 0 aliphatic heterocycles. The molecule has 0 bridgehead atoms. The molecule has 0 aliphatic carbocycles. The first-order chi connectivity index (χ1) is 14.2. The van der Waals surface area contributed by atoms with Crippen molar-refractivity contribution in [1.82, 2.24) is 9.55 Å². The van der Waals surface area contributed by atoms with E-state index in [1.807, 2.05) is 12.1 Å². The molecule has 0 saturated carbocycles. The number of nitrogens with zero attached hydrogens (tertiary/aromatic N) is 3. The maximum Gasteiger partial charge on any atom is 0.275 e. The zero-order chi connectivity index (χ0) is 20.2. The SMILES string of the molecule is COCCn1c(-c2nc(C(=O)Nc3ccccc3C#N)cs2)cc2ccccc21. The van der Waals surface area contributed by atoms with Gasteiger partial charge in [-0.3, -0.25) is 4.79 Å². The van der Waals surface area contributed by atoms with Crippen molar-refractivity contribution < 1.29 is 9.53 Å². The molecule has 4 aromatic rings. The summed E-state index contributed by atoms with van der Waals surface area (Å²) in [6.45, 7) is 1.27. The van der Waals surface area contributed by atoms with Crippen LogP contribution in [0.15, 0.2) is 60.0 Å². The minimum absolute atomic E-state index is 0.321. The van der Waals surface area contributed by atoms with Crippen molar-refractivity contribution in [2.45, 2.75) is 6.54 Å². The fourth-order valence-corrected chi connectivity index (χ4v) is 4.01. The van der Waals surface area contributed by atoms with Gasteiger partial charge in [-0.15, -0.1) is 11.3 Å². The van der Waals surface area contributed by atoms with E-state index in [9.17, 15) is 10.1 Å². The smallest absolute Gasteiger partial charge is 0.275 e. The lowest BCUT2D eigenvalue weighted by atomic mass is 10.2. The van der Waals surface area contributed by atoms with Gasteiger partial charge in [-0.2, -0.15) is 5.26 Å². The van der Waals surface area contributed by atoms with Crippen LogP contribution < -0.4 is 5.32 Å². The van der Waals surface area contributed by atoms with Gasteiger partial charge in [0.1, 0.15) is 16.8 Å². The molecule has 1 amide bonds. The average Bonchev–Trinajstić information content (AvgIpc) is 3.37. The van der Waals surface area contributed by atoms with Gasteiger partial charge in [-0.05, 0) is 24.3 Å². The third-order valence-corrected chi connectivity index (χ3v) is 5.45. The molecular weight excluding hydrogens is 384 g/mol. The van der Waals surface area contributed by atoms with Crippen molar-refractivity contribution in [3.8, 4) is 16.8 Å². The van der Waals surface area contributed by atoms with Crippen molar-refractivity contribution in [1.29, 1.82) is 5.26 Å². The van der Waals surface area contributed by atoms with Gasteiger partial charge >= 0.3 is 0 Å². The molecule has 0 radical (unpaired) electrons. The van der Waals surface area contributed by atoms with Crippen molar-refractivity contribution >= 4 is 33.8 Å². The quantitative estimate of drug-likeness (QED) is 0.514. The summed E-state index contributed by atoms with van der Waals surface area (Å²) in [6, 6.07) is 19.2. The molecule has 7 heteroatoms. The molecule has 0 unspecified atom stereocenters. The second kappa shape index (κ2) is 8.27. The van der Waals surface area contributed by atoms with Gasteiger partial charge in [0, 0.05) is 29.9 Å². The number of para-hydroxylation sites is 2. The number of ether oxygens (including phenoxy) is 1. The predicted octanol–water partition coefficient (Wildman–Crippen LogP) is 4.54. The summed E-state index contributed by atoms with van der Waals surface area (Å²) in [4.78, 5) is 17.2. The molecule has 6 nitrogen and oxygen atoms in total. The highest BCUT2D eigenvalue weighted by Crippen LogP contribution is 2.30. The topological polar surface area (TPSA) is 79.9 Å². The average molecular weight is 402 g/mol. The largest absolute Gasteiger partial charge is 0.383 e. The summed E-state index contributed by atoms with van der Waals surface area (Å²) in [5.41, 5.74) is 3.26. The fourth-order valence-electron chi connectivity index (χ4n) is 3.18. The van der Waals surface area contributed by atoms with Crippen LogP contribution in [0.5, 0.6) is 0 Å². The van der Waals surface area contributed by atoms with Crippen LogP contribution >= 0.6 is 11.3 Å². The van der Waals surface area contributed by atoms with Gasteiger partial charge in [0.25, 0.3) is 5.91 Å². The van der Waals surface area contributed by atoms with Crippen LogP contribution in [0.4, 0.5) is 5.69 Å². The zero-order valence-electron chi connectivity index (χ0n) is 15.8. The summed E-state index contributed by atoms with van der Waals surface area (Å²) in [5, 5.41) is 15.6. The van der Waals surface area contributed by atoms with Gasteiger partial charge in [0.15, 0.2) is 0 Å². The van der Waals surface area contributed by atoms with Crippen LogP contribution in [0.1, 0.15) is 16.1 Å². The van der Waals surface area contributed by atoms with Crippen LogP contribution in [-0.2, 0) is 11.3 Å². The monoisotopic (exact) mass is 402 g/mol. The Hall–Kier alpha value is -3.47. The van der Waals surface area contributed by atoms with E-state index >= 15 is 0 Å². The highest BCUT2D eigenvalue weighted by atomic mass is 32.1. The van der Waals surface area contributed by atoms with Crippen LogP contribution in [0.3, 0.4) is 0 Å². The number of thiazole rings is 1. The Morgan fingerprint density at radius 2 is 2.03 bits per heavy atom. The molecule has 4 rings (SSSR count). The number of anilines is 1. The van der Waals surface area contributed by atoms with E-state index in [0.29, 0.717) is 30.1 Å². The van der Waals surface area contributed by atoms with E-state index in [4.69, 9.17) is 4.74 Å². The van der Waals surface area contributed by atoms with E-state index in [1.165, 1.54) is 11.3 Å². The maximum atomic E-state index is 12.7. The number of rotatable bonds is 6. The number of fused-ring (bicyclic) bond motifs is 1. The number of nitrogens with one attached hydrogen (secondary N) is 1. The molecule has 0 fully saturated rings. The summed E-state index contributed by atoms with van der Waals surface area (Å²) in [7, 11) is 1.68. The third-order valence-electron chi connectivity index (χ3n) is 4.58. The Morgan fingerprint density at radius 3 is 2.86 bits per heavy atom. The van der Waals surface area contributed by atoms with E-state index in [2.05, 4.69) is 39.1 Å². The summed E-state index contributed by atoms with van der Waals surface area (Å²) in [5.74, 6) is -0.338. The second-order valence-electron chi connectivity index (χ2n) is 6.38. The molecule has 0 spiro atoms. The van der Waals surface area contributed by atoms with Gasteiger partial charge in [-0.1, -0.05) is 30.3 Å². The van der Waals surface area contributed by atoms with Crippen LogP contribution in [0.2, 0.25) is 0 Å². The molecule has 2 heterocycles. The lowest BCUT2D eigenvalue weighted by Crippen LogP contribution is -2.13. The summed E-state index contributed by atoms with van der Waals surface area (Å²) in [6.07, 6.45) is 0. The molecule has 0 saturated heterocycles. The maximum absolute atomic E-state index is 12.7. The number of nitriles is 1. The van der Waals surface area contributed by atoms with Crippen LogP contribution in [-0.4, -0.2) is 29.2 Å². The number of hydrogen-bond donors (Lipinski definition) is 1. The van der Waals surface area contributed by atoms with Crippen molar-refractivity contribution in [3.63, 3.8) is 0 Å². The van der Waals surface area contributed by atoms with E-state index in [-0.39, 0.29) is 5.91 Å². The Kier molecular flexibility index (Phi) is 5.38. The number of amides is 1. The Labute approximate surface area is 172 Å². The first-order valence-electron chi connectivity index (χ1n) is 9.05. The minimum atomic E-state index is -0.338. The summed E-state index contributed by atoms with van der Waals surface area (Å²) < 4.78 is 7.42. The number of methoxy groups -OCH3 is 1. The van der Waals surface area contributed by atoms with Gasteiger partial charge in [0.2, 0.25) is 0 Å². The molecule has 0 atom stereocenters. The standard InChI is InChI=1S/C22H18N4O2S/c1-28-11-10-26-19-9-5-3-6-15(19)12-20(26)22-25-18(14-29-22)21(27)24-17-8-4-2-7-16(17)13-23/h2-9,12,14H,10-11H2,1H3,(H,24,27). The molecule has 29 heavy (non-hydrogen) atoms. The number of hydrogen-bond acceptors (Lipinski definition) is 5. The first-order valence-corrected chi connectivity index (χ1v) is 9.93. The van der Waals surface area contributed by atoms with E-state index in [1.54, 1.807) is 36.8 Å². The van der Waals surface area contributed by atoms with Crippen molar-refractivity contribution in [2.75, 3.05) is 19.0 Å². The van der Waals surface area contributed by atoms with E-state index in [0.717, 1.165) is 21.6 Å². The van der Waals surface area contributed by atoms with Gasteiger partial charge in [-0.25, -0.2) is 4.98 Å². The molecule has 2 aromatic carbocycles. The van der Waals surface area contributed by atoms with Crippen LogP contribution in [0, 0.1) is 11.3 Å². The number of carbonyl (C=O) groups is 1. The zero-order valence-corrected chi connectivity index (χ0v) is 16.6. The molecule has 144 valence electrons. The highest BCUT2D eigenvalue weighted by Gasteiger charge is 2.17. The lowest BCUT2D eigenvalue weighted by molar-refractivity contribution is 0.102. The number of aromatic nitrogens is 2. The molecule has 2 aromatic heterocycles. The van der Waals surface area contributed by atoms with Crippen molar-refractivity contribution in [2.24, 2.45) is 0 Å². The number of benzene rings is 2. The van der Waals surface area contributed by atoms with Gasteiger partial charge < -0.3 is 14.6 Å². The number of carbonyl (C=O) groups excluding carboxylic acids is 1. The summed E-state index contributed by atoms with van der Waals surface area (Å²) >= 11 is 1.42. The Morgan fingerprint density at radius 1 is 1.24 bits per heavy atom. The third kappa shape index (κ3) is 3.76. The Balaban J connectivity index is 1.65. The normalized spacial score (nSPS) is 10.8. The lowest BCUT2D eigenvalue weighted by Gasteiger charge is -2.08. The minimum Gasteiger partial charge on any atom is -0.383 e. The van der Waals surface area contributed by atoms with Crippen LogP contribution in [0.25, 0.3) is 21.6 Å². The first kappa shape index (κ1) is 18.9. The highest BCUT2D eigenvalue weighted by molar-refractivity contribution is 7.13. The van der Waals surface area contributed by atoms with Crippen molar-refractivity contribution in [3.05, 3.63) is 71.2 Å². The molecular formula is C22H18N4O2S. The fraction of sp³-hybridized carbons (Fsp3) is 0.136. The predicted molar refractivity (Wildman–Crippen MR) is 114 cm³/mol. The van der Waals surface area contributed by atoms with E-state index < -0.39 is 0 Å². The van der Waals surface area contributed by atoms with Gasteiger partial charge in [0.05, 0.1) is 23.6 Å². The Bertz CT molecular complexity index is 1220. The molecule has 1 N–H and O–H groups in total. The second-order valence-corrected chi connectivity index (χ2v) is 7.24. The molecule has 0 aliphatic rings.